The third-order valence-corrected chi connectivity index (χ3v) is 3.62. The lowest BCUT2D eigenvalue weighted by molar-refractivity contribution is -0.127. The third kappa shape index (κ3) is 4.96. The van der Waals surface area contributed by atoms with Crippen LogP contribution >= 0.6 is 15.9 Å². The van der Waals surface area contributed by atoms with Crippen LogP contribution < -0.4 is 10.6 Å². The quantitative estimate of drug-likeness (QED) is 0.864. The molecule has 1 rings (SSSR count). The van der Waals surface area contributed by atoms with E-state index in [2.05, 4.69) is 40.4 Å². The molecule has 4 nitrogen and oxygen atoms in total. The molecule has 0 aliphatic heterocycles. The lowest BCUT2D eigenvalue weighted by atomic mass is 9.84. The Morgan fingerprint density at radius 3 is 2.55 bits per heavy atom. The van der Waals surface area contributed by atoms with Crippen molar-refractivity contribution in [2.45, 2.75) is 39.2 Å². The topological polar surface area (TPSA) is 58.2 Å². The zero-order chi connectivity index (χ0) is 15.3. The molecule has 0 saturated carbocycles. The molecule has 0 radical (unpaired) electrons. The normalized spacial score (nSPS) is 12.7. The first-order chi connectivity index (χ1) is 9.22. The Bertz CT molecular complexity index is 500. The van der Waals surface area contributed by atoms with Crippen molar-refractivity contribution in [1.82, 2.24) is 10.6 Å². The predicted molar refractivity (Wildman–Crippen MR) is 83.5 cm³/mol. The molecule has 0 aliphatic carbocycles. The van der Waals surface area contributed by atoms with Crippen molar-refractivity contribution in [1.29, 1.82) is 0 Å². The third-order valence-electron chi connectivity index (χ3n) is 3.12. The van der Waals surface area contributed by atoms with Crippen molar-refractivity contribution in [3.05, 3.63) is 34.3 Å². The van der Waals surface area contributed by atoms with Crippen LogP contribution in [-0.2, 0) is 15.0 Å². The number of benzene rings is 1. The van der Waals surface area contributed by atoms with Crippen LogP contribution in [0.15, 0.2) is 28.7 Å². The average Bonchev–Trinajstić information content (AvgIpc) is 2.35. The van der Waals surface area contributed by atoms with Crippen molar-refractivity contribution in [2.75, 3.05) is 6.54 Å². The van der Waals surface area contributed by atoms with Crippen LogP contribution in [0, 0.1) is 0 Å². The van der Waals surface area contributed by atoms with Crippen LogP contribution in [-0.4, -0.2) is 24.4 Å². The van der Waals surface area contributed by atoms with Crippen molar-refractivity contribution in [3.63, 3.8) is 0 Å². The molecule has 20 heavy (non-hydrogen) atoms. The molecule has 0 aromatic heterocycles. The molecule has 0 bridgehead atoms. The van der Waals surface area contributed by atoms with E-state index in [1.165, 1.54) is 6.92 Å². The first kappa shape index (κ1) is 16.7. The Morgan fingerprint density at radius 2 is 2.00 bits per heavy atom. The molecule has 2 amide bonds. The highest BCUT2D eigenvalue weighted by Gasteiger charge is 2.23. The summed E-state index contributed by atoms with van der Waals surface area (Å²) in [5.74, 6) is -0.387. The van der Waals surface area contributed by atoms with E-state index >= 15 is 0 Å². The lowest BCUT2D eigenvalue weighted by Gasteiger charge is -2.26. The van der Waals surface area contributed by atoms with Gasteiger partial charge >= 0.3 is 0 Å². The van der Waals surface area contributed by atoms with E-state index < -0.39 is 6.04 Å². The second-order valence-corrected chi connectivity index (χ2v) is 6.45. The van der Waals surface area contributed by atoms with Crippen LogP contribution in [0.1, 0.15) is 33.3 Å². The largest absolute Gasteiger partial charge is 0.353 e. The van der Waals surface area contributed by atoms with Crippen molar-refractivity contribution < 1.29 is 9.59 Å². The number of hydrogen-bond donors (Lipinski definition) is 2. The summed E-state index contributed by atoms with van der Waals surface area (Å²) in [6.07, 6.45) is 0. The molecule has 5 heteroatoms. The van der Waals surface area contributed by atoms with E-state index in [0.29, 0.717) is 6.54 Å². The molecule has 110 valence electrons. The van der Waals surface area contributed by atoms with Gasteiger partial charge in [0.05, 0.1) is 0 Å². The van der Waals surface area contributed by atoms with E-state index in [-0.39, 0.29) is 17.2 Å². The summed E-state index contributed by atoms with van der Waals surface area (Å²) < 4.78 is 1.01. The number of hydrogen-bond acceptors (Lipinski definition) is 2. The zero-order valence-electron chi connectivity index (χ0n) is 12.3. The number of nitrogens with one attached hydrogen (secondary N) is 2. The maximum absolute atomic E-state index is 11.9. The maximum Gasteiger partial charge on any atom is 0.242 e. The Balaban J connectivity index is 2.63. The summed E-state index contributed by atoms with van der Waals surface area (Å²) in [5.41, 5.74) is 0.953. The lowest BCUT2D eigenvalue weighted by Crippen LogP contribution is -2.47. The summed E-state index contributed by atoms with van der Waals surface area (Å²) in [4.78, 5) is 22.8. The number of carbonyl (C=O) groups excluding carboxylic acids is 2. The Kier molecular flexibility index (Phi) is 5.74. The number of halogens is 1. The number of amides is 2. The first-order valence-electron chi connectivity index (χ1n) is 6.53. The molecule has 0 heterocycles. The van der Waals surface area contributed by atoms with Gasteiger partial charge in [-0.1, -0.05) is 41.9 Å². The van der Waals surface area contributed by atoms with Gasteiger partial charge in [0.15, 0.2) is 0 Å². The molecule has 0 spiro atoms. The molecule has 1 aromatic carbocycles. The number of rotatable bonds is 5. The summed E-state index contributed by atoms with van der Waals surface area (Å²) in [6, 6.07) is 7.50. The van der Waals surface area contributed by atoms with E-state index in [9.17, 15) is 9.59 Å². The highest BCUT2D eigenvalue weighted by molar-refractivity contribution is 9.10. The molecular formula is C15H21BrN2O2. The highest BCUT2D eigenvalue weighted by atomic mass is 79.9. The molecule has 1 atom stereocenters. The molecular weight excluding hydrogens is 320 g/mol. The van der Waals surface area contributed by atoms with Gasteiger partial charge in [0.25, 0.3) is 0 Å². The van der Waals surface area contributed by atoms with Crippen LogP contribution in [0.3, 0.4) is 0 Å². The smallest absolute Gasteiger partial charge is 0.242 e. The van der Waals surface area contributed by atoms with Crippen LogP contribution in [0.2, 0.25) is 0 Å². The highest BCUT2D eigenvalue weighted by Crippen LogP contribution is 2.25. The van der Waals surface area contributed by atoms with E-state index in [4.69, 9.17) is 0 Å². The van der Waals surface area contributed by atoms with Gasteiger partial charge in [0.2, 0.25) is 11.8 Å². The molecule has 1 aromatic rings. The van der Waals surface area contributed by atoms with Gasteiger partial charge in [-0.3, -0.25) is 9.59 Å². The van der Waals surface area contributed by atoms with Gasteiger partial charge in [0.1, 0.15) is 6.04 Å². The van der Waals surface area contributed by atoms with Gasteiger partial charge in [-0.15, -0.1) is 0 Å². The minimum Gasteiger partial charge on any atom is -0.353 e. The summed E-state index contributed by atoms with van der Waals surface area (Å²) in [5, 5.41) is 5.45. The first-order valence-corrected chi connectivity index (χ1v) is 7.32. The fourth-order valence-electron chi connectivity index (χ4n) is 1.84. The van der Waals surface area contributed by atoms with Gasteiger partial charge in [0, 0.05) is 23.4 Å². The summed E-state index contributed by atoms with van der Waals surface area (Å²) in [6.45, 7) is 7.71. The van der Waals surface area contributed by atoms with Gasteiger partial charge in [-0.25, -0.2) is 0 Å². The minimum absolute atomic E-state index is 0.178. The molecule has 0 saturated heterocycles. The Labute approximate surface area is 128 Å². The van der Waals surface area contributed by atoms with E-state index in [1.807, 2.05) is 24.3 Å². The number of carbonyl (C=O) groups is 2. The van der Waals surface area contributed by atoms with E-state index in [0.717, 1.165) is 10.0 Å². The van der Waals surface area contributed by atoms with Crippen molar-refractivity contribution in [3.8, 4) is 0 Å². The van der Waals surface area contributed by atoms with Gasteiger partial charge in [-0.05, 0) is 24.6 Å². The van der Waals surface area contributed by atoms with Crippen LogP contribution in [0.4, 0.5) is 0 Å². The SMILES string of the molecule is CC(=O)N[C@H](C)C(=O)NCC(C)(C)c1cccc(Br)c1. The monoisotopic (exact) mass is 340 g/mol. The zero-order valence-corrected chi connectivity index (χ0v) is 13.9. The Hall–Kier alpha value is -1.36. The fraction of sp³-hybridized carbons (Fsp3) is 0.467. The van der Waals surface area contributed by atoms with Crippen molar-refractivity contribution in [2.24, 2.45) is 0 Å². The van der Waals surface area contributed by atoms with E-state index in [1.54, 1.807) is 6.92 Å². The molecule has 0 unspecified atom stereocenters. The standard InChI is InChI=1S/C15H21BrN2O2/c1-10(18-11(2)19)14(20)17-9-15(3,4)12-6-5-7-13(16)8-12/h5-8,10H,9H2,1-4H3,(H,17,20)(H,18,19)/t10-/m1/s1. The van der Waals surface area contributed by atoms with Crippen LogP contribution in [0.25, 0.3) is 0 Å². The molecule has 0 fully saturated rings. The summed E-state index contributed by atoms with van der Waals surface area (Å²) >= 11 is 3.45. The van der Waals surface area contributed by atoms with Crippen LogP contribution in [0.5, 0.6) is 0 Å². The minimum atomic E-state index is -0.522. The Morgan fingerprint density at radius 1 is 1.35 bits per heavy atom. The maximum atomic E-state index is 11.9. The second-order valence-electron chi connectivity index (χ2n) is 5.53. The van der Waals surface area contributed by atoms with Crippen molar-refractivity contribution >= 4 is 27.7 Å². The average molecular weight is 341 g/mol. The fourth-order valence-corrected chi connectivity index (χ4v) is 2.24. The van der Waals surface area contributed by atoms with Gasteiger partial charge < -0.3 is 10.6 Å². The predicted octanol–water partition coefficient (Wildman–Crippen LogP) is 2.37. The second kappa shape index (κ2) is 6.88. The molecule has 2 N–H and O–H groups in total. The molecule has 0 aliphatic rings. The summed E-state index contributed by atoms with van der Waals surface area (Å²) in [7, 11) is 0. The van der Waals surface area contributed by atoms with Gasteiger partial charge in [-0.2, -0.15) is 0 Å².